The van der Waals surface area contributed by atoms with E-state index in [1.165, 1.54) is 0 Å². The van der Waals surface area contributed by atoms with Crippen molar-refractivity contribution in [2.45, 2.75) is 26.2 Å². The van der Waals surface area contributed by atoms with E-state index in [2.05, 4.69) is 32.8 Å². The zero-order chi connectivity index (χ0) is 17.5. The van der Waals surface area contributed by atoms with Crippen LogP contribution in [0.3, 0.4) is 0 Å². The van der Waals surface area contributed by atoms with Gasteiger partial charge in [-0.2, -0.15) is 0 Å². The number of hydrogen-bond acceptors (Lipinski definition) is 4. The summed E-state index contributed by atoms with van der Waals surface area (Å²) >= 11 is 0. The molecule has 1 unspecified atom stereocenters. The molecule has 0 aliphatic carbocycles. The average Bonchev–Trinajstić information content (AvgIpc) is 2.98. The number of carbonyl (C=O) groups excluding carboxylic acids is 1. The molecule has 3 heterocycles. The van der Waals surface area contributed by atoms with E-state index < -0.39 is 0 Å². The van der Waals surface area contributed by atoms with Crippen LogP contribution in [0, 0.1) is 5.41 Å². The molecule has 25 heavy (non-hydrogen) atoms. The molecule has 3 rings (SSSR count). The van der Waals surface area contributed by atoms with Gasteiger partial charge in [-0.05, 0) is 31.9 Å². The van der Waals surface area contributed by atoms with Crippen molar-refractivity contribution < 1.29 is 4.79 Å². The molecule has 0 radical (unpaired) electrons. The van der Waals surface area contributed by atoms with E-state index in [4.69, 9.17) is 4.99 Å². The summed E-state index contributed by atoms with van der Waals surface area (Å²) in [6.07, 6.45) is 4.64. The highest BCUT2D eigenvalue weighted by molar-refractivity contribution is 5.81. The Morgan fingerprint density at radius 3 is 3.12 bits per heavy atom. The number of guanidine groups is 1. The Morgan fingerprint density at radius 2 is 2.40 bits per heavy atom. The van der Waals surface area contributed by atoms with Crippen LogP contribution < -0.4 is 16.0 Å². The standard InChI is InChI=1S/C18H28N6O/c1-2-19-17(22-10-9-21-15-6-3-4-8-20-15)24-11-5-7-18(14-24)12-16(25)23-13-18/h3-4,6,8H,2,5,7,9-14H2,1H3,(H,19,22)(H,20,21)(H,23,25). The molecule has 0 aromatic carbocycles. The molecule has 0 saturated carbocycles. The molecular formula is C18H28N6O. The van der Waals surface area contributed by atoms with Gasteiger partial charge in [-0.25, -0.2) is 4.98 Å². The van der Waals surface area contributed by atoms with Crippen molar-refractivity contribution in [3.63, 3.8) is 0 Å². The van der Waals surface area contributed by atoms with Gasteiger partial charge in [0.15, 0.2) is 5.96 Å². The van der Waals surface area contributed by atoms with Crippen molar-refractivity contribution in [2.75, 3.05) is 44.6 Å². The van der Waals surface area contributed by atoms with E-state index in [0.717, 1.165) is 57.3 Å². The van der Waals surface area contributed by atoms with Gasteiger partial charge in [-0.1, -0.05) is 6.07 Å². The number of aliphatic imine (C=N–C) groups is 1. The summed E-state index contributed by atoms with van der Waals surface area (Å²) in [6.45, 7) is 7.03. The molecular weight excluding hydrogens is 316 g/mol. The van der Waals surface area contributed by atoms with Crippen LogP contribution in [0.4, 0.5) is 5.82 Å². The van der Waals surface area contributed by atoms with Gasteiger partial charge in [0.05, 0.1) is 6.54 Å². The Hall–Kier alpha value is -2.31. The molecule has 1 amide bonds. The van der Waals surface area contributed by atoms with E-state index >= 15 is 0 Å². The molecule has 1 aromatic heterocycles. The van der Waals surface area contributed by atoms with E-state index in [0.29, 0.717) is 13.0 Å². The van der Waals surface area contributed by atoms with E-state index in [1.807, 2.05) is 18.2 Å². The maximum atomic E-state index is 11.7. The minimum absolute atomic E-state index is 0.0811. The maximum Gasteiger partial charge on any atom is 0.220 e. The van der Waals surface area contributed by atoms with Crippen LogP contribution in [-0.2, 0) is 4.79 Å². The average molecular weight is 344 g/mol. The van der Waals surface area contributed by atoms with Crippen LogP contribution in [0.25, 0.3) is 0 Å². The first-order valence-electron chi connectivity index (χ1n) is 9.16. The van der Waals surface area contributed by atoms with Crippen molar-refractivity contribution in [1.82, 2.24) is 20.5 Å². The van der Waals surface area contributed by atoms with Crippen molar-refractivity contribution in [1.29, 1.82) is 0 Å². The number of aromatic nitrogens is 1. The number of rotatable bonds is 5. The maximum absolute atomic E-state index is 11.7. The second-order valence-corrected chi connectivity index (χ2v) is 6.86. The highest BCUT2D eigenvalue weighted by Gasteiger charge is 2.42. The number of anilines is 1. The lowest BCUT2D eigenvalue weighted by molar-refractivity contribution is -0.119. The summed E-state index contributed by atoms with van der Waals surface area (Å²) in [5.41, 5.74) is 0.0811. The number of carbonyl (C=O) groups is 1. The summed E-state index contributed by atoms with van der Waals surface area (Å²) in [7, 11) is 0. The van der Waals surface area contributed by atoms with Crippen LogP contribution in [-0.4, -0.2) is 61.0 Å². The summed E-state index contributed by atoms with van der Waals surface area (Å²) in [4.78, 5) is 23.0. The van der Waals surface area contributed by atoms with Crippen molar-refractivity contribution in [3.8, 4) is 0 Å². The van der Waals surface area contributed by atoms with Crippen LogP contribution in [0.15, 0.2) is 29.4 Å². The van der Waals surface area contributed by atoms with Gasteiger partial charge in [0, 0.05) is 50.8 Å². The first kappa shape index (κ1) is 17.5. The first-order chi connectivity index (χ1) is 12.2. The smallest absolute Gasteiger partial charge is 0.220 e. The number of likely N-dealkylation sites (tertiary alicyclic amines) is 1. The zero-order valence-corrected chi connectivity index (χ0v) is 14.9. The number of piperidine rings is 1. The quantitative estimate of drug-likeness (QED) is 0.423. The zero-order valence-electron chi connectivity index (χ0n) is 14.9. The van der Waals surface area contributed by atoms with Gasteiger partial charge in [0.1, 0.15) is 5.82 Å². The van der Waals surface area contributed by atoms with Crippen LogP contribution in [0.1, 0.15) is 26.2 Å². The summed E-state index contributed by atoms with van der Waals surface area (Å²) < 4.78 is 0. The molecule has 0 bridgehead atoms. The van der Waals surface area contributed by atoms with Crippen LogP contribution in [0.2, 0.25) is 0 Å². The van der Waals surface area contributed by atoms with E-state index in [-0.39, 0.29) is 11.3 Å². The van der Waals surface area contributed by atoms with Crippen molar-refractivity contribution in [3.05, 3.63) is 24.4 Å². The number of hydrogen-bond donors (Lipinski definition) is 3. The third kappa shape index (κ3) is 4.61. The highest BCUT2D eigenvalue weighted by atomic mass is 16.1. The molecule has 1 aromatic rings. The van der Waals surface area contributed by atoms with Gasteiger partial charge in [0.25, 0.3) is 0 Å². The minimum Gasteiger partial charge on any atom is -0.368 e. The van der Waals surface area contributed by atoms with Crippen molar-refractivity contribution >= 4 is 17.7 Å². The van der Waals surface area contributed by atoms with Gasteiger partial charge < -0.3 is 20.9 Å². The van der Waals surface area contributed by atoms with Gasteiger partial charge in [0.2, 0.25) is 5.91 Å². The number of nitrogens with one attached hydrogen (secondary N) is 3. The van der Waals surface area contributed by atoms with E-state index in [9.17, 15) is 4.79 Å². The fraction of sp³-hybridized carbons (Fsp3) is 0.611. The third-order valence-corrected chi connectivity index (χ3v) is 4.84. The number of amides is 1. The number of nitrogens with zero attached hydrogens (tertiary/aromatic N) is 3. The third-order valence-electron chi connectivity index (χ3n) is 4.84. The second-order valence-electron chi connectivity index (χ2n) is 6.86. The van der Waals surface area contributed by atoms with Gasteiger partial charge in [-0.15, -0.1) is 0 Å². The van der Waals surface area contributed by atoms with Gasteiger partial charge >= 0.3 is 0 Å². The predicted octanol–water partition coefficient (Wildman–Crippen LogP) is 1.06. The lowest BCUT2D eigenvalue weighted by Crippen LogP contribution is -2.51. The van der Waals surface area contributed by atoms with E-state index in [1.54, 1.807) is 6.20 Å². The SMILES string of the molecule is CCNC(=NCCNc1ccccn1)N1CCCC2(CNC(=O)C2)C1. The molecule has 2 aliphatic heterocycles. The van der Waals surface area contributed by atoms with Crippen molar-refractivity contribution in [2.24, 2.45) is 10.4 Å². The fourth-order valence-corrected chi connectivity index (χ4v) is 3.67. The monoisotopic (exact) mass is 344 g/mol. The Balaban J connectivity index is 1.56. The Morgan fingerprint density at radius 1 is 1.48 bits per heavy atom. The second kappa shape index (κ2) is 8.18. The van der Waals surface area contributed by atoms with Gasteiger partial charge in [-0.3, -0.25) is 9.79 Å². The topological polar surface area (TPSA) is 81.7 Å². The molecule has 3 N–H and O–H groups in total. The lowest BCUT2D eigenvalue weighted by Gasteiger charge is -2.40. The van der Waals surface area contributed by atoms with Crippen LogP contribution >= 0.6 is 0 Å². The highest BCUT2D eigenvalue weighted by Crippen LogP contribution is 2.35. The lowest BCUT2D eigenvalue weighted by atomic mass is 9.79. The molecule has 2 aliphatic rings. The summed E-state index contributed by atoms with van der Waals surface area (Å²) in [5, 5.41) is 9.68. The molecule has 7 heteroatoms. The Labute approximate surface area is 149 Å². The summed E-state index contributed by atoms with van der Waals surface area (Å²) in [5.74, 6) is 2.00. The Kier molecular flexibility index (Phi) is 5.73. The molecule has 2 saturated heterocycles. The molecule has 136 valence electrons. The number of pyridine rings is 1. The minimum atomic E-state index is 0.0811. The largest absolute Gasteiger partial charge is 0.368 e. The molecule has 1 spiro atoms. The molecule has 2 fully saturated rings. The summed E-state index contributed by atoms with van der Waals surface area (Å²) in [6, 6.07) is 5.82. The molecule has 7 nitrogen and oxygen atoms in total. The predicted molar refractivity (Wildman–Crippen MR) is 99.6 cm³/mol. The van der Waals surface area contributed by atoms with Crippen LogP contribution in [0.5, 0.6) is 0 Å². The normalized spacial score (nSPS) is 23.6. The Bertz CT molecular complexity index is 605. The fourth-order valence-electron chi connectivity index (χ4n) is 3.67. The first-order valence-corrected chi connectivity index (χ1v) is 9.16. The molecule has 1 atom stereocenters.